The SMILES string of the molecule is Cc1cccc(C2(C(=O)N3CCC4(CCNC4)CC3)CCCC2)c1.Cl. The van der Waals surface area contributed by atoms with E-state index in [0.717, 1.165) is 39.0 Å². The molecule has 2 heterocycles. The molecule has 4 heteroatoms. The van der Waals surface area contributed by atoms with Gasteiger partial charge in [-0.25, -0.2) is 0 Å². The number of hydrogen-bond acceptors (Lipinski definition) is 2. The minimum absolute atomic E-state index is 0. The van der Waals surface area contributed by atoms with Crippen LogP contribution in [0.15, 0.2) is 24.3 Å². The van der Waals surface area contributed by atoms with Crippen molar-refractivity contribution in [2.24, 2.45) is 5.41 Å². The smallest absolute Gasteiger partial charge is 0.233 e. The fourth-order valence-electron chi connectivity index (χ4n) is 5.26. The molecule has 25 heavy (non-hydrogen) atoms. The molecule has 1 aromatic rings. The van der Waals surface area contributed by atoms with Crippen LogP contribution in [0, 0.1) is 12.3 Å². The van der Waals surface area contributed by atoms with Crippen LogP contribution in [0.25, 0.3) is 0 Å². The van der Waals surface area contributed by atoms with Crippen LogP contribution in [0.4, 0.5) is 0 Å². The molecule has 1 saturated carbocycles. The minimum Gasteiger partial charge on any atom is -0.342 e. The fraction of sp³-hybridized carbons (Fsp3) is 0.667. The van der Waals surface area contributed by atoms with E-state index in [9.17, 15) is 4.79 Å². The number of carbonyl (C=O) groups excluding carboxylic acids is 1. The van der Waals surface area contributed by atoms with E-state index in [0.29, 0.717) is 11.3 Å². The van der Waals surface area contributed by atoms with Crippen LogP contribution in [0.2, 0.25) is 0 Å². The third-order valence-electron chi connectivity index (χ3n) is 6.88. The van der Waals surface area contributed by atoms with Crippen molar-refractivity contribution in [2.45, 2.75) is 57.3 Å². The standard InChI is InChI=1S/C21H30N2O.ClH/c1-17-5-4-6-18(15-17)21(7-2-3-8-21)19(24)23-13-10-20(11-14-23)9-12-22-16-20;/h4-6,15,22H,2-3,7-14,16H2,1H3;1H. The lowest BCUT2D eigenvalue weighted by Gasteiger charge is -2.42. The molecule has 3 nitrogen and oxygen atoms in total. The van der Waals surface area contributed by atoms with Crippen molar-refractivity contribution in [2.75, 3.05) is 26.2 Å². The van der Waals surface area contributed by atoms with Gasteiger partial charge in [-0.3, -0.25) is 4.79 Å². The molecule has 1 aromatic carbocycles. The molecule has 3 fully saturated rings. The van der Waals surface area contributed by atoms with E-state index >= 15 is 0 Å². The molecule has 3 aliphatic rings. The molecular weight excluding hydrogens is 332 g/mol. The molecule has 1 spiro atoms. The van der Waals surface area contributed by atoms with Gasteiger partial charge in [0.25, 0.3) is 0 Å². The first-order chi connectivity index (χ1) is 11.6. The number of likely N-dealkylation sites (tertiary alicyclic amines) is 1. The van der Waals surface area contributed by atoms with E-state index in [1.165, 1.54) is 43.2 Å². The Morgan fingerprint density at radius 1 is 1.08 bits per heavy atom. The molecule has 1 aliphatic carbocycles. The maximum absolute atomic E-state index is 13.5. The number of halogens is 1. The average Bonchev–Trinajstić information content (AvgIpc) is 3.26. The normalized spacial score (nSPS) is 24.3. The Morgan fingerprint density at radius 2 is 1.80 bits per heavy atom. The lowest BCUT2D eigenvalue weighted by atomic mass is 9.74. The van der Waals surface area contributed by atoms with Crippen molar-refractivity contribution >= 4 is 18.3 Å². The Hall–Kier alpha value is -1.06. The van der Waals surface area contributed by atoms with Crippen LogP contribution in [0.3, 0.4) is 0 Å². The molecule has 2 saturated heterocycles. The lowest BCUT2D eigenvalue weighted by Crippen LogP contribution is -2.51. The molecular formula is C21H31ClN2O. The predicted octanol–water partition coefficient (Wildman–Crippen LogP) is 3.83. The summed E-state index contributed by atoms with van der Waals surface area (Å²) in [6, 6.07) is 8.68. The summed E-state index contributed by atoms with van der Waals surface area (Å²) < 4.78 is 0. The van der Waals surface area contributed by atoms with E-state index < -0.39 is 0 Å². The van der Waals surface area contributed by atoms with E-state index in [1.807, 2.05) is 0 Å². The summed E-state index contributed by atoms with van der Waals surface area (Å²) in [6.45, 7) is 6.34. The average molecular weight is 363 g/mol. The second-order valence-electron chi connectivity index (χ2n) is 8.38. The maximum atomic E-state index is 13.5. The first kappa shape index (κ1) is 18.7. The Balaban J connectivity index is 0.00000182. The highest BCUT2D eigenvalue weighted by atomic mass is 35.5. The van der Waals surface area contributed by atoms with Gasteiger partial charge in [-0.05, 0) is 56.6 Å². The number of hydrogen-bond donors (Lipinski definition) is 1. The molecule has 138 valence electrons. The number of piperidine rings is 1. The van der Waals surface area contributed by atoms with Crippen LogP contribution < -0.4 is 5.32 Å². The van der Waals surface area contributed by atoms with Crippen LogP contribution in [0.1, 0.15) is 56.1 Å². The second-order valence-corrected chi connectivity index (χ2v) is 8.38. The zero-order valence-corrected chi connectivity index (χ0v) is 16.2. The number of nitrogens with one attached hydrogen (secondary N) is 1. The number of benzene rings is 1. The van der Waals surface area contributed by atoms with Gasteiger partial charge in [-0.15, -0.1) is 12.4 Å². The molecule has 0 bridgehead atoms. The van der Waals surface area contributed by atoms with Gasteiger partial charge in [-0.2, -0.15) is 0 Å². The Labute approximate surface area is 158 Å². The first-order valence-electron chi connectivity index (χ1n) is 9.71. The summed E-state index contributed by atoms with van der Waals surface area (Å²) in [5.74, 6) is 0.409. The number of carbonyl (C=O) groups is 1. The summed E-state index contributed by atoms with van der Waals surface area (Å²) in [7, 11) is 0. The van der Waals surface area contributed by atoms with Crippen LogP contribution in [-0.2, 0) is 10.2 Å². The first-order valence-corrected chi connectivity index (χ1v) is 9.71. The number of rotatable bonds is 2. The van der Waals surface area contributed by atoms with Gasteiger partial charge in [0.15, 0.2) is 0 Å². The summed E-state index contributed by atoms with van der Waals surface area (Å²) in [4.78, 5) is 15.7. The summed E-state index contributed by atoms with van der Waals surface area (Å²) in [5, 5.41) is 3.52. The third-order valence-corrected chi connectivity index (χ3v) is 6.88. The van der Waals surface area contributed by atoms with Crippen molar-refractivity contribution in [3.8, 4) is 0 Å². The highest BCUT2D eigenvalue weighted by Gasteiger charge is 2.47. The van der Waals surface area contributed by atoms with Gasteiger partial charge in [0, 0.05) is 19.6 Å². The van der Waals surface area contributed by atoms with Gasteiger partial charge < -0.3 is 10.2 Å². The highest BCUT2D eigenvalue weighted by molar-refractivity contribution is 5.89. The van der Waals surface area contributed by atoms with Crippen molar-refractivity contribution < 1.29 is 4.79 Å². The molecule has 0 radical (unpaired) electrons. The molecule has 1 N–H and O–H groups in total. The Morgan fingerprint density at radius 3 is 2.40 bits per heavy atom. The third kappa shape index (κ3) is 3.33. The molecule has 0 unspecified atom stereocenters. The summed E-state index contributed by atoms with van der Waals surface area (Å²) in [5.41, 5.74) is 2.75. The van der Waals surface area contributed by atoms with Crippen molar-refractivity contribution in [1.82, 2.24) is 10.2 Å². The number of amides is 1. The van der Waals surface area contributed by atoms with Crippen molar-refractivity contribution in [3.63, 3.8) is 0 Å². The molecule has 1 amide bonds. The minimum atomic E-state index is -0.246. The second kappa shape index (κ2) is 7.28. The Kier molecular flexibility index (Phi) is 5.45. The van der Waals surface area contributed by atoms with Crippen LogP contribution >= 0.6 is 12.4 Å². The van der Waals surface area contributed by atoms with Gasteiger partial charge in [-0.1, -0.05) is 42.7 Å². The number of aryl methyl sites for hydroxylation is 1. The quantitative estimate of drug-likeness (QED) is 0.867. The van der Waals surface area contributed by atoms with Crippen molar-refractivity contribution in [3.05, 3.63) is 35.4 Å². The zero-order chi connectivity index (χ0) is 16.6. The largest absolute Gasteiger partial charge is 0.342 e. The highest BCUT2D eigenvalue weighted by Crippen LogP contribution is 2.44. The van der Waals surface area contributed by atoms with E-state index in [1.54, 1.807) is 0 Å². The Bertz CT molecular complexity index is 608. The lowest BCUT2D eigenvalue weighted by molar-refractivity contribution is -0.139. The van der Waals surface area contributed by atoms with E-state index in [-0.39, 0.29) is 17.8 Å². The van der Waals surface area contributed by atoms with Crippen LogP contribution in [0.5, 0.6) is 0 Å². The monoisotopic (exact) mass is 362 g/mol. The number of nitrogens with zero attached hydrogens (tertiary/aromatic N) is 1. The molecule has 2 aliphatic heterocycles. The summed E-state index contributed by atoms with van der Waals surface area (Å²) in [6.07, 6.45) is 8.06. The van der Waals surface area contributed by atoms with Crippen LogP contribution in [-0.4, -0.2) is 37.0 Å². The zero-order valence-electron chi connectivity index (χ0n) is 15.4. The van der Waals surface area contributed by atoms with Crippen molar-refractivity contribution in [1.29, 1.82) is 0 Å². The topological polar surface area (TPSA) is 32.3 Å². The fourth-order valence-corrected chi connectivity index (χ4v) is 5.26. The maximum Gasteiger partial charge on any atom is 0.233 e. The molecule has 4 rings (SSSR count). The van der Waals surface area contributed by atoms with E-state index in [2.05, 4.69) is 41.4 Å². The molecule has 0 aromatic heterocycles. The van der Waals surface area contributed by atoms with Gasteiger partial charge >= 0.3 is 0 Å². The summed E-state index contributed by atoms with van der Waals surface area (Å²) >= 11 is 0. The predicted molar refractivity (Wildman–Crippen MR) is 104 cm³/mol. The van der Waals surface area contributed by atoms with E-state index in [4.69, 9.17) is 0 Å². The van der Waals surface area contributed by atoms with Gasteiger partial charge in [0.1, 0.15) is 0 Å². The molecule has 0 atom stereocenters. The van der Waals surface area contributed by atoms with Gasteiger partial charge in [0.05, 0.1) is 5.41 Å². The van der Waals surface area contributed by atoms with Gasteiger partial charge in [0.2, 0.25) is 5.91 Å².